The van der Waals surface area contributed by atoms with E-state index in [1.807, 2.05) is 31.3 Å². The second kappa shape index (κ2) is 7.38. The van der Waals surface area contributed by atoms with E-state index in [0.717, 1.165) is 41.9 Å². The number of benzene rings is 1. The van der Waals surface area contributed by atoms with Crippen molar-refractivity contribution in [3.8, 4) is 5.75 Å². The molecule has 21 heavy (non-hydrogen) atoms. The van der Waals surface area contributed by atoms with Gasteiger partial charge in [0.25, 0.3) is 0 Å². The molecule has 2 aromatic rings. The van der Waals surface area contributed by atoms with Crippen LogP contribution in [0.25, 0.3) is 10.9 Å². The molecule has 114 valence electrons. The topological polar surface area (TPSA) is 51.4 Å². The minimum atomic E-state index is -0.00616. The number of ether oxygens (including phenoxy) is 1. The van der Waals surface area contributed by atoms with Gasteiger partial charge in [-0.25, -0.2) is 0 Å². The zero-order valence-corrected chi connectivity index (χ0v) is 13.2. The molecule has 0 saturated heterocycles. The van der Waals surface area contributed by atoms with Crippen molar-refractivity contribution in [2.75, 3.05) is 26.2 Å². The zero-order valence-electron chi connectivity index (χ0n) is 13.2. The molecule has 0 amide bonds. The fourth-order valence-electron chi connectivity index (χ4n) is 2.59. The Morgan fingerprint density at radius 2 is 1.95 bits per heavy atom. The van der Waals surface area contributed by atoms with Crippen LogP contribution in [0.1, 0.15) is 32.4 Å². The van der Waals surface area contributed by atoms with Gasteiger partial charge in [0, 0.05) is 30.2 Å². The maximum Gasteiger partial charge on any atom is 0.121 e. The van der Waals surface area contributed by atoms with Crippen molar-refractivity contribution in [1.82, 2.24) is 9.88 Å². The predicted molar refractivity (Wildman–Crippen MR) is 87.6 cm³/mol. The third-order valence-corrected chi connectivity index (χ3v) is 3.81. The van der Waals surface area contributed by atoms with Gasteiger partial charge in [0.1, 0.15) is 5.75 Å². The van der Waals surface area contributed by atoms with Gasteiger partial charge in [-0.15, -0.1) is 0 Å². The van der Waals surface area contributed by atoms with Crippen LogP contribution in [0, 0.1) is 0 Å². The lowest BCUT2D eigenvalue weighted by Gasteiger charge is -2.23. The van der Waals surface area contributed by atoms with E-state index >= 15 is 0 Å². The predicted octanol–water partition coefficient (Wildman–Crippen LogP) is 2.98. The summed E-state index contributed by atoms with van der Waals surface area (Å²) < 4.78 is 5.53. The summed E-state index contributed by atoms with van der Waals surface area (Å²) in [5.74, 6) is 0.854. The molecule has 4 nitrogen and oxygen atoms in total. The van der Waals surface area contributed by atoms with Crippen LogP contribution < -0.4 is 10.5 Å². The SMILES string of the molecule is CCOc1ccc2c(C(N)CN(CC)CC)ccnc2c1. The molecular formula is C17H25N3O. The molecule has 4 heteroatoms. The van der Waals surface area contributed by atoms with E-state index in [0.29, 0.717) is 6.61 Å². The van der Waals surface area contributed by atoms with Crippen molar-refractivity contribution in [2.45, 2.75) is 26.8 Å². The first-order valence-corrected chi connectivity index (χ1v) is 7.68. The molecule has 0 saturated carbocycles. The van der Waals surface area contributed by atoms with Crippen molar-refractivity contribution < 1.29 is 4.74 Å². The Morgan fingerprint density at radius 3 is 2.62 bits per heavy atom. The van der Waals surface area contributed by atoms with Gasteiger partial charge in [0.2, 0.25) is 0 Å². The fraction of sp³-hybridized carbons (Fsp3) is 0.471. The van der Waals surface area contributed by atoms with E-state index < -0.39 is 0 Å². The monoisotopic (exact) mass is 287 g/mol. The first-order chi connectivity index (χ1) is 10.2. The highest BCUT2D eigenvalue weighted by molar-refractivity contribution is 5.83. The van der Waals surface area contributed by atoms with E-state index in [1.54, 1.807) is 0 Å². The van der Waals surface area contributed by atoms with Gasteiger partial charge in [-0.3, -0.25) is 4.98 Å². The second-order valence-corrected chi connectivity index (χ2v) is 5.10. The number of hydrogen-bond donors (Lipinski definition) is 1. The number of nitrogens with zero attached hydrogens (tertiary/aromatic N) is 2. The number of hydrogen-bond acceptors (Lipinski definition) is 4. The molecule has 1 heterocycles. The highest BCUT2D eigenvalue weighted by Gasteiger charge is 2.13. The molecule has 0 aliphatic heterocycles. The Bertz CT molecular complexity index is 581. The number of rotatable bonds is 7. The van der Waals surface area contributed by atoms with Crippen LogP contribution >= 0.6 is 0 Å². The minimum absolute atomic E-state index is 0.00616. The van der Waals surface area contributed by atoms with Crippen molar-refractivity contribution in [3.05, 3.63) is 36.0 Å². The van der Waals surface area contributed by atoms with E-state index in [4.69, 9.17) is 10.5 Å². The van der Waals surface area contributed by atoms with Crippen molar-refractivity contribution in [1.29, 1.82) is 0 Å². The molecule has 1 unspecified atom stereocenters. The lowest BCUT2D eigenvalue weighted by molar-refractivity contribution is 0.285. The average Bonchev–Trinajstić information content (AvgIpc) is 2.51. The molecular weight excluding hydrogens is 262 g/mol. The van der Waals surface area contributed by atoms with Crippen LogP contribution in [-0.4, -0.2) is 36.1 Å². The summed E-state index contributed by atoms with van der Waals surface area (Å²) in [7, 11) is 0. The number of fused-ring (bicyclic) bond motifs is 1. The first kappa shape index (κ1) is 15.7. The summed E-state index contributed by atoms with van der Waals surface area (Å²) in [4.78, 5) is 6.78. The van der Waals surface area contributed by atoms with Crippen LogP contribution in [0.5, 0.6) is 5.75 Å². The molecule has 0 fully saturated rings. The fourth-order valence-corrected chi connectivity index (χ4v) is 2.59. The molecule has 2 rings (SSSR count). The summed E-state index contributed by atoms with van der Waals surface area (Å²) in [6.45, 7) is 9.86. The van der Waals surface area contributed by atoms with Crippen molar-refractivity contribution in [3.63, 3.8) is 0 Å². The van der Waals surface area contributed by atoms with Crippen LogP contribution in [0.15, 0.2) is 30.5 Å². The minimum Gasteiger partial charge on any atom is -0.494 e. The Morgan fingerprint density at radius 1 is 1.19 bits per heavy atom. The maximum absolute atomic E-state index is 6.41. The number of nitrogens with two attached hydrogens (primary N) is 1. The third kappa shape index (κ3) is 3.71. The third-order valence-electron chi connectivity index (χ3n) is 3.81. The van der Waals surface area contributed by atoms with Gasteiger partial charge in [-0.1, -0.05) is 13.8 Å². The van der Waals surface area contributed by atoms with Gasteiger partial charge in [-0.05, 0) is 43.8 Å². The number of pyridine rings is 1. The molecule has 1 atom stereocenters. The molecule has 0 radical (unpaired) electrons. The van der Waals surface area contributed by atoms with Crippen LogP contribution in [0.2, 0.25) is 0 Å². The summed E-state index contributed by atoms with van der Waals surface area (Å²) in [6, 6.07) is 8.04. The number of aromatic nitrogens is 1. The maximum atomic E-state index is 6.41. The standard InChI is InChI=1S/C17H25N3O/c1-4-20(5-2)12-16(18)14-9-10-19-17-11-13(21-6-3)7-8-15(14)17/h7-11,16H,4-6,12,18H2,1-3H3. The summed E-state index contributed by atoms with van der Waals surface area (Å²) in [5.41, 5.74) is 8.50. The molecule has 0 spiro atoms. The van der Waals surface area contributed by atoms with Gasteiger partial charge < -0.3 is 15.4 Å². The van der Waals surface area contributed by atoms with Gasteiger partial charge >= 0.3 is 0 Å². The number of likely N-dealkylation sites (N-methyl/N-ethyl adjacent to an activating group) is 1. The van der Waals surface area contributed by atoms with E-state index in [9.17, 15) is 0 Å². The molecule has 1 aromatic carbocycles. The normalized spacial score (nSPS) is 12.8. The summed E-state index contributed by atoms with van der Waals surface area (Å²) in [5, 5.41) is 1.11. The quantitative estimate of drug-likeness (QED) is 0.850. The van der Waals surface area contributed by atoms with Gasteiger partial charge in [0.05, 0.1) is 12.1 Å². The van der Waals surface area contributed by atoms with E-state index in [2.05, 4.69) is 29.8 Å². The Kier molecular flexibility index (Phi) is 5.53. The lowest BCUT2D eigenvalue weighted by Crippen LogP contribution is -2.32. The Labute approximate surface area is 126 Å². The molecule has 1 aromatic heterocycles. The van der Waals surface area contributed by atoms with Crippen molar-refractivity contribution in [2.24, 2.45) is 5.73 Å². The summed E-state index contributed by atoms with van der Waals surface area (Å²) >= 11 is 0. The zero-order chi connectivity index (χ0) is 15.2. The van der Waals surface area contributed by atoms with Crippen molar-refractivity contribution >= 4 is 10.9 Å². The van der Waals surface area contributed by atoms with Crippen LogP contribution in [0.4, 0.5) is 0 Å². The smallest absolute Gasteiger partial charge is 0.121 e. The summed E-state index contributed by atoms with van der Waals surface area (Å²) in [6.07, 6.45) is 1.83. The molecule has 0 aliphatic carbocycles. The highest BCUT2D eigenvalue weighted by Crippen LogP contribution is 2.25. The Balaban J connectivity index is 2.31. The highest BCUT2D eigenvalue weighted by atomic mass is 16.5. The van der Waals surface area contributed by atoms with Gasteiger partial charge in [0.15, 0.2) is 0 Å². The van der Waals surface area contributed by atoms with E-state index in [-0.39, 0.29) is 6.04 Å². The van der Waals surface area contributed by atoms with E-state index in [1.165, 1.54) is 0 Å². The first-order valence-electron chi connectivity index (χ1n) is 7.68. The molecule has 0 bridgehead atoms. The molecule has 2 N–H and O–H groups in total. The average molecular weight is 287 g/mol. The Hall–Kier alpha value is -1.65. The molecule has 0 aliphatic rings. The van der Waals surface area contributed by atoms with Crippen LogP contribution in [-0.2, 0) is 0 Å². The largest absolute Gasteiger partial charge is 0.494 e. The lowest BCUT2D eigenvalue weighted by atomic mass is 10.0. The second-order valence-electron chi connectivity index (χ2n) is 5.10. The van der Waals surface area contributed by atoms with Crippen LogP contribution in [0.3, 0.4) is 0 Å². The van der Waals surface area contributed by atoms with Gasteiger partial charge in [-0.2, -0.15) is 0 Å².